The number of carboxylic acids is 1. The van der Waals surface area contributed by atoms with Crippen LogP contribution in [-0.4, -0.2) is 67.1 Å². The number of hydrogen-bond acceptors (Lipinski definition) is 16. The summed E-state index contributed by atoms with van der Waals surface area (Å²) in [5, 5.41) is 31.3. The third-order valence-corrected chi connectivity index (χ3v) is 9.05. The fraction of sp³-hybridized carbons (Fsp3) is 0.267. The number of nitrogens with two attached hydrogens (primary N) is 2. The molecule has 0 saturated heterocycles. The normalized spacial score (nSPS) is 9.46. The van der Waals surface area contributed by atoms with Crippen molar-refractivity contribution in [2.45, 2.75) is 64.2 Å². The first kappa shape index (κ1) is 58.0. The third kappa shape index (κ3) is 23.3. The zero-order valence-corrected chi connectivity index (χ0v) is 37.5. The molecule has 0 aliphatic carbocycles. The van der Waals surface area contributed by atoms with E-state index in [0.717, 1.165) is 55.8 Å². The first-order valence-corrected chi connectivity index (χ1v) is 19.9. The monoisotopic (exact) mass is 952 g/mol. The number of rotatable bonds is 18. The fourth-order valence-electron chi connectivity index (χ4n) is 5.16. The molecule has 4 aromatic rings. The quantitative estimate of drug-likeness (QED) is 0.0211. The van der Waals surface area contributed by atoms with Gasteiger partial charge >= 0.3 is 30.8 Å². The number of esters is 2. The largest absolute Gasteiger partial charge is 1.00 e. The molecule has 0 aromatic heterocycles. The topological polar surface area (TPSA) is 299 Å². The summed E-state index contributed by atoms with van der Waals surface area (Å²) in [5.41, 5.74) is 15.5. The van der Waals surface area contributed by atoms with E-state index in [9.17, 15) is 58.9 Å². The van der Waals surface area contributed by atoms with Crippen LogP contribution in [0.25, 0.3) is 0 Å². The summed E-state index contributed by atoms with van der Waals surface area (Å²) in [6, 6.07) is 19.0. The standard InChI is InChI=1S/C13H11NO5.C13H17NO3.C12H15NO3.C7H4BrNO3.Li/c1-19-13(16)5-3-2-4-10-6-7-11(9-15)12(8-10)14(17)18;1-17-13(16)5-3-2-4-10-6-7-11(9-15)12(14)8-10;13-11-7-9(5-6-10(11)8-14)3-1-2-4-12(15)16;8-6-2-1-5(4-10)7(3-6)9(11)12;/h6-9H,3,5H2,1H3;6-9H,2-5,14H2,1H3;5-8H,1-4,13H2,(H,15,16);1-4H;/q;;;;+1/p-1. The number of benzene rings is 4. The molecule has 4 rings (SSSR count). The molecule has 4 aromatic carbocycles. The number of carbonyl (C=O) groups excluding carboxylic acids is 7. The molecule has 338 valence electrons. The minimum atomic E-state index is -1.02. The van der Waals surface area contributed by atoms with Gasteiger partial charge in [0.05, 0.1) is 41.6 Å². The maximum absolute atomic E-state index is 10.9. The predicted molar refractivity (Wildman–Crippen MR) is 237 cm³/mol. The molecule has 20 heteroatoms. The van der Waals surface area contributed by atoms with E-state index in [2.05, 4.69) is 37.2 Å². The Morgan fingerprint density at radius 3 is 1.49 bits per heavy atom. The Kier molecular flexibility index (Phi) is 29.1. The van der Waals surface area contributed by atoms with Crippen molar-refractivity contribution in [3.05, 3.63) is 136 Å². The van der Waals surface area contributed by atoms with Crippen molar-refractivity contribution in [1.82, 2.24) is 0 Å². The zero-order valence-electron chi connectivity index (χ0n) is 36.0. The molecule has 0 heterocycles. The number of halogens is 1. The smallest absolute Gasteiger partial charge is 0.550 e. The summed E-state index contributed by atoms with van der Waals surface area (Å²) < 4.78 is 9.59. The summed E-state index contributed by atoms with van der Waals surface area (Å²) >= 11 is 3.07. The van der Waals surface area contributed by atoms with E-state index in [1.807, 2.05) is 18.2 Å². The van der Waals surface area contributed by atoms with Gasteiger partial charge in [0.25, 0.3) is 11.4 Å². The van der Waals surface area contributed by atoms with Crippen LogP contribution >= 0.6 is 15.9 Å². The van der Waals surface area contributed by atoms with Crippen molar-refractivity contribution in [3.8, 4) is 11.8 Å². The maximum Gasteiger partial charge on any atom is 1.00 e. The van der Waals surface area contributed by atoms with E-state index in [0.29, 0.717) is 64.4 Å². The van der Waals surface area contributed by atoms with Crippen LogP contribution in [0.2, 0.25) is 0 Å². The Labute approximate surface area is 395 Å². The average Bonchev–Trinajstić information content (AvgIpc) is 3.28. The van der Waals surface area contributed by atoms with Crippen LogP contribution in [-0.2, 0) is 36.7 Å². The number of ether oxygens (including phenoxy) is 2. The maximum atomic E-state index is 10.9. The summed E-state index contributed by atoms with van der Waals surface area (Å²) in [6.07, 6.45) is 8.01. The van der Waals surface area contributed by atoms with Gasteiger partial charge in [0, 0.05) is 63.5 Å². The summed E-state index contributed by atoms with van der Waals surface area (Å²) in [4.78, 5) is 93.8. The minimum Gasteiger partial charge on any atom is -0.550 e. The molecule has 0 fully saturated rings. The van der Waals surface area contributed by atoms with E-state index in [1.165, 1.54) is 44.6 Å². The molecular formula is C45H46BrLiN4O14. The van der Waals surface area contributed by atoms with Crippen molar-refractivity contribution in [2.75, 3.05) is 25.7 Å². The number of nitrogen functional groups attached to an aromatic ring is 2. The number of nitro groups is 2. The van der Waals surface area contributed by atoms with Crippen LogP contribution in [0.5, 0.6) is 0 Å². The van der Waals surface area contributed by atoms with Crippen molar-refractivity contribution in [3.63, 3.8) is 0 Å². The molecule has 0 bridgehead atoms. The minimum absolute atomic E-state index is 0. The van der Waals surface area contributed by atoms with Crippen molar-refractivity contribution in [2.24, 2.45) is 0 Å². The van der Waals surface area contributed by atoms with Crippen molar-refractivity contribution >= 4 is 81.7 Å². The molecule has 0 atom stereocenters. The van der Waals surface area contributed by atoms with Crippen LogP contribution in [0.1, 0.15) is 109 Å². The molecule has 0 amide bonds. The van der Waals surface area contributed by atoms with Crippen LogP contribution < -0.4 is 35.4 Å². The Morgan fingerprint density at radius 2 is 1.06 bits per heavy atom. The van der Waals surface area contributed by atoms with Crippen molar-refractivity contribution in [1.29, 1.82) is 0 Å². The van der Waals surface area contributed by atoms with Crippen LogP contribution in [0.3, 0.4) is 0 Å². The van der Waals surface area contributed by atoms with Gasteiger partial charge in [-0.3, -0.25) is 49.0 Å². The summed E-state index contributed by atoms with van der Waals surface area (Å²) in [5.74, 6) is 3.84. The number of methoxy groups -OCH3 is 2. The van der Waals surface area contributed by atoms with Gasteiger partial charge in [-0.25, -0.2) is 0 Å². The Balaban J connectivity index is 0.000000845. The fourth-order valence-corrected chi connectivity index (χ4v) is 5.51. The number of aliphatic carboxylic acids is 1. The summed E-state index contributed by atoms with van der Waals surface area (Å²) in [7, 11) is 2.68. The van der Waals surface area contributed by atoms with E-state index < -0.39 is 15.8 Å². The van der Waals surface area contributed by atoms with Crippen LogP contribution in [0.4, 0.5) is 22.7 Å². The molecule has 0 radical (unpaired) electrons. The second kappa shape index (κ2) is 32.6. The van der Waals surface area contributed by atoms with Gasteiger partial charge in [-0.2, -0.15) is 0 Å². The molecule has 18 nitrogen and oxygen atoms in total. The molecule has 0 saturated carbocycles. The molecule has 0 spiro atoms. The van der Waals surface area contributed by atoms with Crippen molar-refractivity contribution < 1.29 is 76.8 Å². The van der Waals surface area contributed by atoms with Gasteiger partial charge in [-0.05, 0) is 105 Å². The molecular weight excluding hydrogens is 907 g/mol. The number of aldehydes is 4. The number of carbonyl (C=O) groups is 7. The first-order chi connectivity index (χ1) is 30.5. The number of carboxylic acid groups (broad SMARTS) is 1. The number of aryl methyl sites for hydroxylation is 2. The second-order valence-corrected chi connectivity index (χ2v) is 14.0. The molecule has 4 N–H and O–H groups in total. The van der Waals surface area contributed by atoms with Gasteiger partial charge in [-0.15, -0.1) is 0 Å². The molecule has 0 unspecified atom stereocenters. The van der Waals surface area contributed by atoms with E-state index in [-0.39, 0.29) is 66.1 Å². The second-order valence-electron chi connectivity index (χ2n) is 13.1. The molecule has 0 aliphatic heterocycles. The zero-order chi connectivity index (χ0) is 48.0. The van der Waals surface area contributed by atoms with E-state index in [1.54, 1.807) is 24.3 Å². The number of anilines is 2. The molecule has 65 heavy (non-hydrogen) atoms. The molecule has 0 aliphatic rings. The van der Waals surface area contributed by atoms with E-state index in [4.69, 9.17) is 11.5 Å². The predicted octanol–water partition coefficient (Wildman–Crippen LogP) is 3.40. The summed E-state index contributed by atoms with van der Waals surface area (Å²) in [6.45, 7) is 0. The van der Waals surface area contributed by atoms with Gasteiger partial charge < -0.3 is 30.8 Å². The Morgan fingerprint density at radius 1 is 0.631 bits per heavy atom. The number of unbranched alkanes of at least 4 members (excludes halogenated alkanes) is 2. The first-order valence-electron chi connectivity index (χ1n) is 19.2. The van der Waals surface area contributed by atoms with Crippen LogP contribution in [0, 0.1) is 32.1 Å². The Bertz CT molecular complexity index is 2350. The Hall–Kier alpha value is -6.99. The van der Waals surface area contributed by atoms with E-state index >= 15 is 0 Å². The van der Waals surface area contributed by atoms with Gasteiger partial charge in [0.1, 0.15) is 0 Å². The van der Waals surface area contributed by atoms with Gasteiger partial charge in [-0.1, -0.05) is 39.9 Å². The average molecular weight is 954 g/mol. The number of hydrogen-bond donors (Lipinski definition) is 2. The SMILES string of the molecule is COC(=O)CCC#Cc1ccc(C=O)c([N+](=O)[O-])c1.COC(=O)CCCCc1ccc(C=O)c(N)c1.Nc1cc(CCCCC(=O)[O-])ccc1C=O.O=Cc1ccc(Br)cc1[N+](=O)[O-].[Li+]. The van der Waals surface area contributed by atoms with Gasteiger partial charge in [0.15, 0.2) is 25.1 Å². The third-order valence-electron chi connectivity index (χ3n) is 8.56. The van der Waals surface area contributed by atoms with Gasteiger partial charge in [0.2, 0.25) is 0 Å². The van der Waals surface area contributed by atoms with Crippen LogP contribution in [0.15, 0.2) is 77.3 Å². The number of nitro benzene ring substituents is 2. The number of nitrogens with zero attached hydrogens (tertiary/aromatic N) is 2.